The van der Waals surface area contributed by atoms with Crippen molar-refractivity contribution < 1.29 is 23.1 Å². The molecule has 0 saturated carbocycles. The molecule has 0 bridgehead atoms. The maximum Gasteiger partial charge on any atom is 0.393 e. The second-order valence-corrected chi connectivity index (χ2v) is 4.58. The molecule has 0 fully saturated rings. The van der Waals surface area contributed by atoms with Gasteiger partial charge in [0.2, 0.25) is 0 Å². The van der Waals surface area contributed by atoms with Crippen molar-refractivity contribution in [3.63, 3.8) is 0 Å². The number of carboxylic acids is 1. The van der Waals surface area contributed by atoms with E-state index in [0.717, 1.165) is 6.07 Å². The van der Waals surface area contributed by atoms with Crippen LogP contribution >= 0.6 is 34.2 Å². The van der Waals surface area contributed by atoms with Crippen molar-refractivity contribution in [2.24, 2.45) is 0 Å². The van der Waals surface area contributed by atoms with E-state index >= 15 is 0 Å². The molecule has 88 valence electrons. The fourth-order valence-corrected chi connectivity index (χ4v) is 2.01. The van der Waals surface area contributed by atoms with Crippen molar-refractivity contribution in [3.05, 3.63) is 31.9 Å². The van der Waals surface area contributed by atoms with Gasteiger partial charge >= 0.3 is 12.1 Å². The average molecular weight is 364 g/mol. The van der Waals surface area contributed by atoms with E-state index in [9.17, 15) is 18.0 Å². The van der Waals surface area contributed by atoms with Gasteiger partial charge in [-0.15, -0.1) is 0 Å². The SMILES string of the molecule is O=C(O)c1cc(CC(F)(F)F)cc(I)c1Cl. The molecule has 1 N–H and O–H groups in total. The van der Waals surface area contributed by atoms with Gasteiger partial charge in [-0.2, -0.15) is 13.2 Å². The molecule has 0 aliphatic rings. The van der Waals surface area contributed by atoms with E-state index in [-0.39, 0.29) is 16.1 Å². The molecule has 0 heterocycles. The van der Waals surface area contributed by atoms with Crippen LogP contribution in [0.5, 0.6) is 0 Å². The van der Waals surface area contributed by atoms with Crippen LogP contribution in [-0.2, 0) is 6.42 Å². The third-order valence-electron chi connectivity index (χ3n) is 1.72. The van der Waals surface area contributed by atoms with Gasteiger partial charge in [-0.1, -0.05) is 11.6 Å². The number of benzene rings is 1. The normalized spacial score (nSPS) is 11.6. The molecule has 0 aromatic heterocycles. The largest absolute Gasteiger partial charge is 0.478 e. The molecular formula is C9H5ClF3IO2. The maximum absolute atomic E-state index is 12.1. The van der Waals surface area contributed by atoms with Gasteiger partial charge in [0.15, 0.2) is 0 Å². The minimum absolute atomic E-state index is 0.0426. The van der Waals surface area contributed by atoms with Crippen molar-refractivity contribution in [2.45, 2.75) is 12.6 Å². The molecule has 0 atom stereocenters. The number of carbonyl (C=O) groups is 1. The van der Waals surface area contributed by atoms with Gasteiger partial charge in [-0.25, -0.2) is 4.79 Å². The predicted octanol–water partition coefficient (Wildman–Crippen LogP) is 3.75. The highest BCUT2D eigenvalue weighted by atomic mass is 127. The Bertz CT molecular complexity index is 431. The summed E-state index contributed by atoms with van der Waals surface area (Å²) in [5, 5.41) is 8.70. The Hall–Kier alpha value is -0.500. The molecule has 16 heavy (non-hydrogen) atoms. The molecule has 0 aliphatic heterocycles. The van der Waals surface area contributed by atoms with E-state index in [1.165, 1.54) is 6.07 Å². The van der Waals surface area contributed by atoms with Crippen molar-refractivity contribution in [3.8, 4) is 0 Å². The highest BCUT2D eigenvalue weighted by Crippen LogP contribution is 2.28. The van der Waals surface area contributed by atoms with Crippen LogP contribution in [0.2, 0.25) is 5.02 Å². The number of hydrogen-bond donors (Lipinski definition) is 1. The van der Waals surface area contributed by atoms with Crippen LogP contribution in [0.4, 0.5) is 13.2 Å². The van der Waals surface area contributed by atoms with Crippen LogP contribution in [-0.4, -0.2) is 17.3 Å². The van der Waals surface area contributed by atoms with Gasteiger partial charge in [-0.3, -0.25) is 0 Å². The predicted molar refractivity (Wildman–Crippen MR) is 60.9 cm³/mol. The van der Waals surface area contributed by atoms with Gasteiger partial charge in [-0.05, 0) is 40.3 Å². The Morgan fingerprint density at radius 2 is 2.00 bits per heavy atom. The number of alkyl halides is 3. The molecule has 1 aromatic rings. The van der Waals surface area contributed by atoms with E-state index < -0.39 is 18.6 Å². The summed E-state index contributed by atoms with van der Waals surface area (Å²) in [5.41, 5.74) is -0.425. The monoisotopic (exact) mass is 364 g/mol. The third-order valence-corrected chi connectivity index (χ3v) is 3.30. The summed E-state index contributed by atoms with van der Waals surface area (Å²) < 4.78 is 36.7. The summed E-state index contributed by atoms with van der Waals surface area (Å²) in [6.07, 6.45) is -5.53. The van der Waals surface area contributed by atoms with Crippen molar-refractivity contribution in [1.82, 2.24) is 0 Å². The van der Waals surface area contributed by atoms with E-state index in [0.29, 0.717) is 3.57 Å². The number of hydrogen-bond acceptors (Lipinski definition) is 1. The first kappa shape index (κ1) is 13.6. The Morgan fingerprint density at radius 3 is 2.44 bits per heavy atom. The van der Waals surface area contributed by atoms with Crippen LogP contribution in [0.15, 0.2) is 12.1 Å². The summed E-state index contributed by atoms with van der Waals surface area (Å²) >= 11 is 7.36. The quantitative estimate of drug-likeness (QED) is 0.812. The van der Waals surface area contributed by atoms with Crippen molar-refractivity contribution >= 4 is 40.2 Å². The average Bonchev–Trinajstić information content (AvgIpc) is 2.07. The fraction of sp³-hybridized carbons (Fsp3) is 0.222. The molecule has 0 aliphatic carbocycles. The van der Waals surface area contributed by atoms with E-state index in [2.05, 4.69) is 0 Å². The lowest BCUT2D eigenvalue weighted by molar-refractivity contribution is -0.127. The molecule has 1 aromatic carbocycles. The first-order valence-electron chi connectivity index (χ1n) is 3.98. The molecule has 0 amide bonds. The second kappa shape index (κ2) is 4.79. The first-order valence-corrected chi connectivity index (χ1v) is 5.44. The molecular weight excluding hydrogens is 359 g/mol. The summed E-state index contributed by atoms with van der Waals surface area (Å²) in [6.45, 7) is 0. The van der Waals surface area contributed by atoms with Crippen LogP contribution in [0.1, 0.15) is 15.9 Å². The fourth-order valence-electron chi connectivity index (χ4n) is 1.13. The Kier molecular flexibility index (Phi) is 4.06. The zero-order valence-electron chi connectivity index (χ0n) is 7.61. The molecule has 2 nitrogen and oxygen atoms in total. The number of halogens is 5. The molecule has 1 rings (SSSR count). The highest BCUT2D eigenvalue weighted by molar-refractivity contribution is 14.1. The summed E-state index contributed by atoms with van der Waals surface area (Å²) in [7, 11) is 0. The summed E-state index contributed by atoms with van der Waals surface area (Å²) in [4.78, 5) is 10.7. The number of aromatic carboxylic acids is 1. The van der Waals surface area contributed by atoms with E-state index in [1.807, 2.05) is 0 Å². The lowest BCUT2D eigenvalue weighted by Gasteiger charge is -2.09. The minimum atomic E-state index is -4.37. The molecule has 0 saturated heterocycles. The van der Waals surface area contributed by atoms with Gasteiger partial charge in [0, 0.05) is 3.57 Å². The van der Waals surface area contributed by atoms with Gasteiger partial charge in [0.25, 0.3) is 0 Å². The van der Waals surface area contributed by atoms with E-state index in [1.54, 1.807) is 22.6 Å². The van der Waals surface area contributed by atoms with Crippen LogP contribution < -0.4 is 0 Å². The lowest BCUT2D eigenvalue weighted by Crippen LogP contribution is -2.12. The zero-order chi connectivity index (χ0) is 12.5. The van der Waals surface area contributed by atoms with Gasteiger partial charge in [0.05, 0.1) is 17.0 Å². The van der Waals surface area contributed by atoms with Gasteiger partial charge < -0.3 is 5.11 Å². The van der Waals surface area contributed by atoms with Crippen LogP contribution in [0.25, 0.3) is 0 Å². The number of carboxylic acid groups (broad SMARTS) is 1. The standard InChI is InChI=1S/C9H5ClF3IO2/c10-7-5(8(15)16)1-4(2-6(7)14)3-9(11,12)13/h1-2H,3H2,(H,15,16). The zero-order valence-corrected chi connectivity index (χ0v) is 10.5. The van der Waals surface area contributed by atoms with Crippen LogP contribution in [0.3, 0.4) is 0 Å². The van der Waals surface area contributed by atoms with Crippen molar-refractivity contribution in [2.75, 3.05) is 0 Å². The Morgan fingerprint density at radius 1 is 1.44 bits per heavy atom. The summed E-state index contributed by atoms with van der Waals surface area (Å²) in [6, 6.07) is 2.17. The topological polar surface area (TPSA) is 37.3 Å². The molecule has 0 spiro atoms. The Balaban J connectivity index is 3.19. The van der Waals surface area contributed by atoms with Crippen molar-refractivity contribution in [1.29, 1.82) is 0 Å². The molecule has 0 unspecified atom stereocenters. The third kappa shape index (κ3) is 3.51. The minimum Gasteiger partial charge on any atom is -0.478 e. The van der Waals surface area contributed by atoms with Crippen LogP contribution in [0, 0.1) is 3.57 Å². The Labute approximate surface area is 108 Å². The van der Waals surface area contributed by atoms with E-state index in [4.69, 9.17) is 16.7 Å². The molecule has 0 radical (unpaired) electrons. The number of rotatable bonds is 2. The summed E-state index contributed by atoms with van der Waals surface area (Å²) in [5.74, 6) is -1.34. The molecule has 7 heteroatoms. The smallest absolute Gasteiger partial charge is 0.393 e. The maximum atomic E-state index is 12.1. The van der Waals surface area contributed by atoms with Gasteiger partial charge in [0.1, 0.15) is 0 Å². The first-order chi connectivity index (χ1) is 7.20. The second-order valence-electron chi connectivity index (χ2n) is 3.04. The highest BCUT2D eigenvalue weighted by Gasteiger charge is 2.28. The lowest BCUT2D eigenvalue weighted by atomic mass is 10.1.